The van der Waals surface area contributed by atoms with Crippen LogP contribution < -0.4 is 5.32 Å². The van der Waals surface area contributed by atoms with E-state index in [1.165, 1.54) is 0 Å². The van der Waals surface area contributed by atoms with Crippen molar-refractivity contribution in [2.24, 2.45) is 0 Å². The zero-order valence-corrected chi connectivity index (χ0v) is 13.3. The Morgan fingerprint density at radius 2 is 2.20 bits per heavy atom. The van der Waals surface area contributed by atoms with Crippen molar-refractivity contribution in [1.29, 1.82) is 0 Å². The van der Waals surface area contributed by atoms with E-state index in [1.54, 1.807) is 37.1 Å². The van der Waals surface area contributed by atoms with Crippen molar-refractivity contribution in [3.05, 3.63) is 66.6 Å². The molecule has 0 bridgehead atoms. The van der Waals surface area contributed by atoms with Gasteiger partial charge >= 0.3 is 0 Å². The zero-order chi connectivity index (χ0) is 17.1. The Bertz CT molecular complexity index is 1010. The van der Waals surface area contributed by atoms with Gasteiger partial charge in [-0.05, 0) is 24.3 Å². The van der Waals surface area contributed by atoms with Gasteiger partial charge < -0.3 is 9.72 Å². The van der Waals surface area contributed by atoms with E-state index in [2.05, 4.69) is 30.5 Å². The minimum absolute atomic E-state index is 0.136. The molecule has 0 aliphatic rings. The summed E-state index contributed by atoms with van der Waals surface area (Å²) < 4.78 is 1.81. The summed E-state index contributed by atoms with van der Waals surface area (Å²) in [6.45, 7) is 0.461. The Balaban J connectivity index is 1.36. The Labute approximate surface area is 143 Å². The molecule has 0 radical (unpaired) electrons. The third-order valence-electron chi connectivity index (χ3n) is 3.75. The molecule has 8 heteroatoms. The molecule has 1 amide bonds. The number of pyridine rings is 2. The third-order valence-corrected chi connectivity index (χ3v) is 3.75. The number of hydrogen-bond acceptors (Lipinski definition) is 5. The highest BCUT2D eigenvalue weighted by Crippen LogP contribution is 2.12. The molecule has 124 valence electrons. The lowest BCUT2D eigenvalue weighted by Crippen LogP contribution is -2.26. The second-order valence-electron chi connectivity index (χ2n) is 5.46. The van der Waals surface area contributed by atoms with E-state index in [9.17, 15) is 4.79 Å². The summed E-state index contributed by atoms with van der Waals surface area (Å²) in [6, 6.07) is 7.30. The Kier molecular flexibility index (Phi) is 3.91. The van der Waals surface area contributed by atoms with Crippen LogP contribution in [0.2, 0.25) is 0 Å². The van der Waals surface area contributed by atoms with Gasteiger partial charge in [-0.1, -0.05) is 0 Å². The fourth-order valence-corrected chi connectivity index (χ4v) is 2.48. The molecule has 0 aromatic carbocycles. The van der Waals surface area contributed by atoms with Crippen molar-refractivity contribution in [3.63, 3.8) is 0 Å². The van der Waals surface area contributed by atoms with Gasteiger partial charge in [-0.25, -0.2) is 9.97 Å². The molecular weight excluding hydrogens is 318 g/mol. The van der Waals surface area contributed by atoms with Crippen molar-refractivity contribution in [1.82, 2.24) is 34.9 Å². The van der Waals surface area contributed by atoms with Gasteiger partial charge in [-0.3, -0.25) is 14.9 Å². The lowest BCUT2D eigenvalue weighted by molar-refractivity contribution is 0.0953. The van der Waals surface area contributed by atoms with Crippen LogP contribution >= 0.6 is 0 Å². The predicted molar refractivity (Wildman–Crippen MR) is 90.8 cm³/mol. The lowest BCUT2D eigenvalue weighted by atomic mass is 10.2. The number of carbonyl (C=O) groups excluding carboxylic acids is 1. The lowest BCUT2D eigenvalue weighted by Gasteiger charge is -2.04. The highest BCUT2D eigenvalue weighted by atomic mass is 16.1. The molecule has 2 N–H and O–H groups in total. The first-order chi connectivity index (χ1) is 12.3. The molecule has 4 aromatic rings. The van der Waals surface area contributed by atoms with E-state index in [4.69, 9.17) is 0 Å². The number of nitrogens with one attached hydrogen (secondary N) is 2. The molecule has 25 heavy (non-hydrogen) atoms. The molecule has 0 aliphatic carbocycles. The van der Waals surface area contributed by atoms with Crippen LogP contribution in [0, 0.1) is 0 Å². The highest BCUT2D eigenvalue weighted by Gasteiger charge is 2.09. The topological polar surface area (TPSA) is 101 Å². The maximum absolute atomic E-state index is 12.2. The molecule has 0 saturated carbocycles. The fourth-order valence-electron chi connectivity index (χ4n) is 2.48. The van der Waals surface area contributed by atoms with Crippen LogP contribution in [-0.2, 0) is 6.42 Å². The average molecular weight is 333 g/mol. The van der Waals surface area contributed by atoms with E-state index in [0.717, 1.165) is 11.2 Å². The largest absolute Gasteiger partial charge is 0.352 e. The first-order valence-corrected chi connectivity index (χ1v) is 7.82. The first-order valence-electron chi connectivity index (χ1n) is 7.82. The third kappa shape index (κ3) is 3.23. The van der Waals surface area contributed by atoms with E-state index in [-0.39, 0.29) is 5.91 Å². The van der Waals surface area contributed by atoms with Gasteiger partial charge in [0.15, 0.2) is 5.82 Å². The number of aromatic amines is 1. The number of rotatable bonds is 5. The molecule has 0 spiro atoms. The standard InChI is InChI=1S/C17H15N7O/c25-17(13-3-4-15-19-8-9-24(15)11-13)20-7-5-14-21-16(23-22-14)12-2-1-6-18-10-12/h1-4,6,8-11H,5,7H2,(H,20,25)(H,21,22,23). The summed E-state index contributed by atoms with van der Waals surface area (Å²) in [7, 11) is 0. The van der Waals surface area contributed by atoms with Gasteiger partial charge in [-0.15, -0.1) is 0 Å². The fraction of sp³-hybridized carbons (Fsp3) is 0.118. The van der Waals surface area contributed by atoms with E-state index in [1.807, 2.05) is 22.6 Å². The molecule has 0 atom stereocenters. The molecule has 8 nitrogen and oxygen atoms in total. The Morgan fingerprint density at radius 3 is 3.08 bits per heavy atom. The predicted octanol–water partition coefficient (Wildman–Crippen LogP) is 1.49. The van der Waals surface area contributed by atoms with Crippen LogP contribution in [-0.4, -0.2) is 42.0 Å². The summed E-state index contributed by atoms with van der Waals surface area (Å²) in [6.07, 6.45) is 9.23. The average Bonchev–Trinajstić information content (AvgIpc) is 3.31. The highest BCUT2D eigenvalue weighted by molar-refractivity contribution is 5.94. The van der Waals surface area contributed by atoms with Crippen LogP contribution in [0.5, 0.6) is 0 Å². The second kappa shape index (κ2) is 6.52. The summed E-state index contributed by atoms with van der Waals surface area (Å²) in [5.74, 6) is 1.17. The van der Waals surface area contributed by atoms with Crippen molar-refractivity contribution in [3.8, 4) is 11.4 Å². The van der Waals surface area contributed by atoms with E-state index < -0.39 is 0 Å². The Morgan fingerprint density at radius 1 is 1.24 bits per heavy atom. The van der Waals surface area contributed by atoms with Crippen molar-refractivity contribution >= 4 is 11.6 Å². The summed E-state index contributed by atoms with van der Waals surface area (Å²) in [4.78, 5) is 24.8. The molecule has 0 unspecified atom stereocenters. The molecule has 0 saturated heterocycles. The minimum Gasteiger partial charge on any atom is -0.352 e. The number of nitrogens with zero attached hydrogens (tertiary/aromatic N) is 5. The van der Waals surface area contributed by atoms with Crippen LogP contribution in [0.3, 0.4) is 0 Å². The van der Waals surface area contributed by atoms with Gasteiger partial charge in [0.05, 0.1) is 5.56 Å². The molecular formula is C17H15N7O. The van der Waals surface area contributed by atoms with Gasteiger partial charge in [0.25, 0.3) is 5.91 Å². The van der Waals surface area contributed by atoms with Gasteiger partial charge in [0, 0.05) is 49.5 Å². The van der Waals surface area contributed by atoms with Crippen LogP contribution in [0.4, 0.5) is 0 Å². The van der Waals surface area contributed by atoms with E-state index >= 15 is 0 Å². The Hall–Kier alpha value is -3.55. The first kappa shape index (κ1) is 15.0. The number of amides is 1. The summed E-state index contributed by atoms with van der Waals surface area (Å²) in [5.41, 5.74) is 2.24. The number of aromatic nitrogens is 6. The summed E-state index contributed by atoms with van der Waals surface area (Å²) >= 11 is 0. The quantitative estimate of drug-likeness (QED) is 0.576. The van der Waals surface area contributed by atoms with Gasteiger partial charge in [0.1, 0.15) is 11.5 Å². The maximum Gasteiger partial charge on any atom is 0.252 e. The summed E-state index contributed by atoms with van der Waals surface area (Å²) in [5, 5.41) is 9.94. The van der Waals surface area contributed by atoms with Crippen molar-refractivity contribution in [2.45, 2.75) is 6.42 Å². The number of fused-ring (bicyclic) bond motifs is 1. The smallest absolute Gasteiger partial charge is 0.252 e. The maximum atomic E-state index is 12.2. The van der Waals surface area contributed by atoms with Crippen LogP contribution in [0.15, 0.2) is 55.2 Å². The van der Waals surface area contributed by atoms with Gasteiger partial charge in [0.2, 0.25) is 0 Å². The van der Waals surface area contributed by atoms with Gasteiger partial charge in [-0.2, -0.15) is 5.10 Å². The monoisotopic (exact) mass is 333 g/mol. The van der Waals surface area contributed by atoms with Crippen LogP contribution in [0.25, 0.3) is 17.0 Å². The number of hydrogen-bond donors (Lipinski definition) is 2. The molecule has 0 aliphatic heterocycles. The number of H-pyrrole nitrogens is 1. The number of carbonyl (C=O) groups is 1. The van der Waals surface area contributed by atoms with Crippen molar-refractivity contribution < 1.29 is 4.79 Å². The molecule has 4 heterocycles. The normalized spacial score (nSPS) is 10.9. The van der Waals surface area contributed by atoms with Crippen molar-refractivity contribution in [2.75, 3.05) is 6.54 Å². The molecule has 4 rings (SSSR count). The molecule has 4 aromatic heterocycles. The second-order valence-corrected chi connectivity index (χ2v) is 5.46. The van der Waals surface area contributed by atoms with Crippen LogP contribution in [0.1, 0.15) is 16.2 Å². The van der Waals surface area contributed by atoms with E-state index in [0.29, 0.717) is 30.2 Å². The minimum atomic E-state index is -0.136. The molecule has 0 fully saturated rings. The zero-order valence-electron chi connectivity index (χ0n) is 13.3. The number of imidazole rings is 1. The SMILES string of the molecule is O=C(NCCc1nc(-c2cccnc2)n[nH]1)c1ccc2nccn2c1.